The molecule has 0 atom stereocenters. The Kier molecular flexibility index (Phi) is 4.46. The minimum absolute atomic E-state index is 0.504. The van der Waals surface area contributed by atoms with Crippen LogP contribution in [0.15, 0.2) is 18.7 Å². The number of aromatic nitrogens is 1. The van der Waals surface area contributed by atoms with Crippen LogP contribution in [0.5, 0.6) is 5.88 Å². The Hall–Kier alpha value is -1.89. The number of allylic oxidation sites excluding steroid dienone is 1. The van der Waals surface area contributed by atoms with Gasteiger partial charge in [0.2, 0.25) is 5.88 Å². The third kappa shape index (κ3) is 2.57. The fraction of sp³-hybridized carbons (Fsp3) is 0.417. The molecule has 0 saturated carbocycles. The molecule has 0 saturated heterocycles. The molecule has 1 heterocycles. The van der Waals surface area contributed by atoms with Crippen LogP contribution >= 0.6 is 0 Å². The molecule has 0 aliphatic heterocycles. The van der Waals surface area contributed by atoms with Crippen LogP contribution in [0.1, 0.15) is 25.5 Å². The van der Waals surface area contributed by atoms with Gasteiger partial charge < -0.3 is 10.5 Å². The summed E-state index contributed by atoms with van der Waals surface area (Å²) in [5, 5.41) is 8.94. The van der Waals surface area contributed by atoms with E-state index < -0.39 is 0 Å². The minimum atomic E-state index is 0.504. The summed E-state index contributed by atoms with van der Waals surface area (Å²) in [5.74, 6) is 0.574. The molecule has 0 aromatic carbocycles. The first kappa shape index (κ1) is 12.2. The first-order valence-corrected chi connectivity index (χ1v) is 5.37. The van der Waals surface area contributed by atoms with Crippen molar-refractivity contribution in [2.45, 2.75) is 26.3 Å². The largest absolute Gasteiger partial charge is 0.477 e. The van der Waals surface area contributed by atoms with E-state index in [4.69, 9.17) is 15.7 Å². The number of nitrogen functional groups attached to an aromatic ring is 1. The topological polar surface area (TPSA) is 64.0 Å². The summed E-state index contributed by atoms with van der Waals surface area (Å²) in [6, 6.07) is 3.72. The van der Waals surface area contributed by atoms with Crippen LogP contribution in [0.25, 0.3) is 0 Å². The van der Waals surface area contributed by atoms with Crippen molar-refractivity contribution in [1.29, 1.82) is 5.26 Å². The number of unbranched alkanes of at least 4 members (excludes halogenated alkanes) is 1. The molecule has 0 radical (unpaired) electrons. The van der Waals surface area contributed by atoms with Gasteiger partial charge in [-0.25, -0.2) is 0 Å². The second kappa shape index (κ2) is 5.86. The zero-order valence-electron chi connectivity index (χ0n) is 9.57. The lowest BCUT2D eigenvalue weighted by Crippen LogP contribution is -2.06. The van der Waals surface area contributed by atoms with Gasteiger partial charge in [0.15, 0.2) is 0 Å². The molecule has 4 nitrogen and oxygen atoms in total. The minimum Gasteiger partial charge on any atom is -0.477 e. The molecular formula is C12H17N3O. The van der Waals surface area contributed by atoms with Gasteiger partial charge in [-0.15, -0.1) is 6.58 Å². The van der Waals surface area contributed by atoms with Gasteiger partial charge in [-0.1, -0.05) is 19.4 Å². The second-order valence-corrected chi connectivity index (χ2v) is 3.50. The van der Waals surface area contributed by atoms with Crippen molar-refractivity contribution in [3.8, 4) is 11.9 Å². The van der Waals surface area contributed by atoms with Crippen molar-refractivity contribution in [3.63, 3.8) is 0 Å². The second-order valence-electron chi connectivity index (χ2n) is 3.50. The molecule has 1 aromatic heterocycles. The molecular weight excluding hydrogens is 202 g/mol. The van der Waals surface area contributed by atoms with Gasteiger partial charge >= 0.3 is 0 Å². The Morgan fingerprint density at radius 1 is 1.69 bits per heavy atom. The van der Waals surface area contributed by atoms with Crippen LogP contribution in [0.4, 0.5) is 5.69 Å². The maximum absolute atomic E-state index is 8.94. The van der Waals surface area contributed by atoms with E-state index in [1.807, 2.05) is 0 Å². The molecule has 0 aliphatic rings. The molecule has 1 rings (SSSR count). The Morgan fingerprint density at radius 3 is 3.00 bits per heavy atom. The molecule has 0 spiro atoms. The van der Waals surface area contributed by atoms with Crippen LogP contribution in [-0.4, -0.2) is 11.2 Å². The van der Waals surface area contributed by atoms with Crippen LogP contribution in [-0.2, 0) is 6.54 Å². The first-order chi connectivity index (χ1) is 7.74. The molecule has 2 N–H and O–H groups in total. The summed E-state index contributed by atoms with van der Waals surface area (Å²) in [6.45, 7) is 6.89. The monoisotopic (exact) mass is 219 g/mol. The fourth-order valence-electron chi connectivity index (χ4n) is 1.43. The number of anilines is 1. The lowest BCUT2D eigenvalue weighted by molar-refractivity contribution is 0.287. The van der Waals surface area contributed by atoms with Crippen LogP contribution in [0.2, 0.25) is 0 Å². The fourth-order valence-corrected chi connectivity index (χ4v) is 1.43. The molecule has 1 aromatic rings. The number of hydrogen-bond donors (Lipinski definition) is 1. The average Bonchev–Trinajstić information content (AvgIpc) is 2.57. The molecule has 86 valence electrons. The number of nitriles is 1. The van der Waals surface area contributed by atoms with Crippen molar-refractivity contribution in [3.05, 3.63) is 24.4 Å². The third-order valence-corrected chi connectivity index (χ3v) is 2.24. The first-order valence-electron chi connectivity index (χ1n) is 5.37. The van der Waals surface area contributed by atoms with Crippen molar-refractivity contribution >= 4 is 5.69 Å². The highest BCUT2D eigenvalue weighted by molar-refractivity contribution is 5.55. The van der Waals surface area contributed by atoms with E-state index in [9.17, 15) is 0 Å². The van der Waals surface area contributed by atoms with Gasteiger partial charge in [0.25, 0.3) is 0 Å². The van der Waals surface area contributed by atoms with E-state index >= 15 is 0 Å². The van der Waals surface area contributed by atoms with Crippen molar-refractivity contribution < 1.29 is 4.74 Å². The number of rotatable bonds is 6. The maximum atomic E-state index is 8.94. The smallest absolute Gasteiger partial charge is 0.218 e. The van der Waals surface area contributed by atoms with Crippen molar-refractivity contribution in [2.24, 2.45) is 0 Å². The summed E-state index contributed by atoms with van der Waals surface area (Å²) in [4.78, 5) is 0. The maximum Gasteiger partial charge on any atom is 0.218 e. The summed E-state index contributed by atoms with van der Waals surface area (Å²) in [6.07, 6.45) is 3.75. The van der Waals surface area contributed by atoms with E-state index in [0.717, 1.165) is 12.8 Å². The highest BCUT2D eigenvalue weighted by Crippen LogP contribution is 2.26. The van der Waals surface area contributed by atoms with Gasteiger partial charge in [0, 0.05) is 12.6 Å². The Balaban J connectivity index is 2.91. The standard InChI is InChI=1S/C12H17N3O/c1-3-5-7-16-12-11(14)8-10(9-13)15(12)6-4-2/h4,8H,2-3,5-7,14H2,1H3. The number of nitrogens with zero attached hydrogens (tertiary/aromatic N) is 2. The quantitative estimate of drug-likeness (QED) is 0.589. The van der Waals surface area contributed by atoms with Crippen molar-refractivity contribution in [2.75, 3.05) is 12.3 Å². The molecule has 16 heavy (non-hydrogen) atoms. The van der Waals surface area contributed by atoms with E-state index in [0.29, 0.717) is 30.4 Å². The zero-order chi connectivity index (χ0) is 12.0. The van der Waals surface area contributed by atoms with Gasteiger partial charge in [-0.2, -0.15) is 5.26 Å². The van der Waals surface area contributed by atoms with Gasteiger partial charge in [0.05, 0.1) is 12.3 Å². The Bertz CT molecular complexity index is 401. The molecule has 0 bridgehead atoms. The van der Waals surface area contributed by atoms with Crippen molar-refractivity contribution in [1.82, 2.24) is 4.57 Å². The third-order valence-electron chi connectivity index (χ3n) is 2.24. The molecule has 0 amide bonds. The van der Waals surface area contributed by atoms with E-state index in [1.54, 1.807) is 16.7 Å². The number of nitrogens with two attached hydrogens (primary N) is 1. The molecule has 0 aliphatic carbocycles. The Morgan fingerprint density at radius 2 is 2.44 bits per heavy atom. The summed E-state index contributed by atoms with van der Waals surface area (Å²) < 4.78 is 7.32. The highest BCUT2D eigenvalue weighted by Gasteiger charge is 2.12. The molecule has 0 fully saturated rings. The van der Waals surface area contributed by atoms with E-state index in [-0.39, 0.29) is 0 Å². The molecule has 4 heteroatoms. The number of ether oxygens (including phenoxy) is 1. The zero-order valence-corrected chi connectivity index (χ0v) is 9.57. The predicted octanol–water partition coefficient (Wildman–Crippen LogP) is 2.31. The van der Waals surface area contributed by atoms with E-state index in [2.05, 4.69) is 19.6 Å². The van der Waals surface area contributed by atoms with Crippen LogP contribution in [0.3, 0.4) is 0 Å². The summed E-state index contributed by atoms with van der Waals surface area (Å²) in [5.41, 5.74) is 6.81. The highest BCUT2D eigenvalue weighted by atomic mass is 16.5. The van der Waals surface area contributed by atoms with Gasteiger partial charge in [-0.05, 0) is 6.42 Å². The van der Waals surface area contributed by atoms with Gasteiger partial charge in [-0.3, -0.25) is 4.57 Å². The van der Waals surface area contributed by atoms with Gasteiger partial charge in [0.1, 0.15) is 11.8 Å². The predicted molar refractivity (Wildman–Crippen MR) is 64.2 cm³/mol. The van der Waals surface area contributed by atoms with Crippen LogP contribution in [0, 0.1) is 11.3 Å². The molecule has 0 unspecified atom stereocenters. The SMILES string of the molecule is C=CCn1c(C#N)cc(N)c1OCCCC. The lowest BCUT2D eigenvalue weighted by atomic mass is 10.4. The summed E-state index contributed by atoms with van der Waals surface area (Å²) in [7, 11) is 0. The Labute approximate surface area is 95.9 Å². The lowest BCUT2D eigenvalue weighted by Gasteiger charge is -2.10. The van der Waals surface area contributed by atoms with E-state index in [1.165, 1.54) is 0 Å². The summed E-state index contributed by atoms with van der Waals surface area (Å²) >= 11 is 0. The normalized spacial score (nSPS) is 9.75. The van der Waals surface area contributed by atoms with Crippen LogP contribution < -0.4 is 10.5 Å². The number of hydrogen-bond acceptors (Lipinski definition) is 3. The average molecular weight is 219 g/mol.